The van der Waals surface area contributed by atoms with E-state index in [1.165, 1.54) is 0 Å². The van der Waals surface area contributed by atoms with E-state index in [-0.39, 0.29) is 0 Å². The van der Waals surface area contributed by atoms with Crippen LogP contribution in [0.25, 0.3) is 5.65 Å². The van der Waals surface area contributed by atoms with Crippen molar-refractivity contribution in [1.82, 2.24) is 19.9 Å². The summed E-state index contributed by atoms with van der Waals surface area (Å²) in [6.45, 7) is 5.35. The molecule has 1 N–H and O–H groups in total. The van der Waals surface area contributed by atoms with Gasteiger partial charge in [-0.2, -0.15) is 0 Å². The Morgan fingerprint density at radius 1 is 1.31 bits per heavy atom. The van der Waals surface area contributed by atoms with Gasteiger partial charge >= 0.3 is 0 Å². The first-order valence-electron chi connectivity index (χ1n) is 5.79. The van der Waals surface area contributed by atoms with Crippen LogP contribution in [-0.2, 0) is 6.42 Å². The topological polar surface area (TPSA) is 42.2 Å². The maximum atomic E-state index is 4.20. The number of hydrogen-bond acceptors (Lipinski definition) is 3. The molecular weight excluding hydrogens is 200 g/mol. The van der Waals surface area contributed by atoms with Crippen molar-refractivity contribution in [1.29, 1.82) is 0 Å². The average Bonchev–Trinajstić information content (AvgIpc) is 2.68. The van der Waals surface area contributed by atoms with Crippen molar-refractivity contribution in [2.45, 2.75) is 32.7 Å². The van der Waals surface area contributed by atoms with E-state index in [1.54, 1.807) is 0 Å². The van der Waals surface area contributed by atoms with Crippen molar-refractivity contribution in [3.63, 3.8) is 0 Å². The van der Waals surface area contributed by atoms with Gasteiger partial charge in [-0.3, -0.25) is 4.40 Å². The monoisotopic (exact) mass is 218 g/mol. The molecule has 0 bridgehead atoms. The minimum absolute atomic E-state index is 0.551. The standard InChI is InChI=1S/C12H18N4/c1-10(2)13-8-5-7-12-15-14-11-6-3-4-9-16(11)12/h3-4,6,9-10,13H,5,7-8H2,1-2H3. The van der Waals surface area contributed by atoms with Gasteiger partial charge in [-0.15, -0.1) is 10.2 Å². The van der Waals surface area contributed by atoms with Crippen LogP contribution in [-0.4, -0.2) is 27.2 Å². The summed E-state index contributed by atoms with van der Waals surface area (Å²) in [6.07, 6.45) is 4.07. The van der Waals surface area contributed by atoms with Crippen molar-refractivity contribution in [3.8, 4) is 0 Å². The lowest BCUT2D eigenvalue weighted by Crippen LogP contribution is -2.24. The molecule has 0 unspecified atom stereocenters. The molecule has 0 fully saturated rings. The van der Waals surface area contributed by atoms with E-state index in [1.807, 2.05) is 24.4 Å². The van der Waals surface area contributed by atoms with E-state index in [4.69, 9.17) is 0 Å². The molecule has 0 spiro atoms. The molecule has 4 heteroatoms. The minimum atomic E-state index is 0.551. The van der Waals surface area contributed by atoms with Gasteiger partial charge in [0.2, 0.25) is 0 Å². The molecule has 0 aromatic carbocycles. The third-order valence-corrected chi connectivity index (χ3v) is 2.51. The van der Waals surface area contributed by atoms with E-state index >= 15 is 0 Å². The van der Waals surface area contributed by atoms with Crippen molar-refractivity contribution < 1.29 is 0 Å². The van der Waals surface area contributed by atoms with Crippen LogP contribution >= 0.6 is 0 Å². The lowest BCUT2D eigenvalue weighted by Gasteiger charge is -2.06. The van der Waals surface area contributed by atoms with Crippen LogP contribution in [0.3, 0.4) is 0 Å². The van der Waals surface area contributed by atoms with Crippen LogP contribution in [0, 0.1) is 0 Å². The van der Waals surface area contributed by atoms with Gasteiger partial charge in [-0.1, -0.05) is 19.9 Å². The molecule has 2 rings (SSSR count). The number of hydrogen-bond donors (Lipinski definition) is 1. The Labute approximate surface area is 95.7 Å². The van der Waals surface area contributed by atoms with Gasteiger partial charge in [-0.05, 0) is 25.1 Å². The van der Waals surface area contributed by atoms with E-state index in [0.717, 1.165) is 30.9 Å². The predicted molar refractivity (Wildman–Crippen MR) is 64.4 cm³/mol. The highest BCUT2D eigenvalue weighted by atomic mass is 15.2. The summed E-state index contributed by atoms with van der Waals surface area (Å²) in [5.41, 5.74) is 0.925. The molecule has 0 aliphatic heterocycles. The molecule has 4 nitrogen and oxygen atoms in total. The summed E-state index contributed by atoms with van der Waals surface area (Å²) in [6, 6.07) is 6.51. The van der Waals surface area contributed by atoms with E-state index < -0.39 is 0 Å². The smallest absolute Gasteiger partial charge is 0.160 e. The zero-order valence-corrected chi connectivity index (χ0v) is 9.85. The number of nitrogens with one attached hydrogen (secondary N) is 1. The fourth-order valence-electron chi connectivity index (χ4n) is 1.70. The fourth-order valence-corrected chi connectivity index (χ4v) is 1.70. The van der Waals surface area contributed by atoms with Gasteiger partial charge in [0.05, 0.1) is 0 Å². The Morgan fingerprint density at radius 2 is 2.19 bits per heavy atom. The average molecular weight is 218 g/mol. The van der Waals surface area contributed by atoms with Gasteiger partial charge in [-0.25, -0.2) is 0 Å². The van der Waals surface area contributed by atoms with E-state index in [0.29, 0.717) is 6.04 Å². The molecular formula is C12H18N4. The quantitative estimate of drug-likeness (QED) is 0.776. The van der Waals surface area contributed by atoms with Gasteiger partial charge in [0.15, 0.2) is 5.65 Å². The Balaban J connectivity index is 1.94. The second kappa shape index (κ2) is 5.07. The molecule has 0 radical (unpaired) electrons. The molecule has 16 heavy (non-hydrogen) atoms. The van der Waals surface area contributed by atoms with Crippen LogP contribution in [0.15, 0.2) is 24.4 Å². The molecule has 2 heterocycles. The fraction of sp³-hybridized carbons (Fsp3) is 0.500. The number of nitrogens with zero attached hydrogens (tertiary/aromatic N) is 3. The summed E-state index contributed by atoms with van der Waals surface area (Å²) in [5, 5.41) is 11.7. The highest BCUT2D eigenvalue weighted by molar-refractivity contribution is 5.36. The molecule has 0 aliphatic rings. The first-order chi connectivity index (χ1) is 7.77. The highest BCUT2D eigenvalue weighted by Gasteiger charge is 2.03. The van der Waals surface area contributed by atoms with Gasteiger partial charge in [0, 0.05) is 18.7 Å². The number of fused-ring (bicyclic) bond motifs is 1. The van der Waals surface area contributed by atoms with E-state index in [9.17, 15) is 0 Å². The Morgan fingerprint density at radius 3 is 3.00 bits per heavy atom. The van der Waals surface area contributed by atoms with Crippen LogP contribution in [0.4, 0.5) is 0 Å². The molecule has 0 atom stereocenters. The summed E-state index contributed by atoms with van der Waals surface area (Å²) < 4.78 is 2.05. The maximum Gasteiger partial charge on any atom is 0.160 e. The molecule has 0 saturated carbocycles. The zero-order valence-electron chi connectivity index (χ0n) is 9.85. The van der Waals surface area contributed by atoms with Crippen molar-refractivity contribution in [2.75, 3.05) is 6.54 Å². The summed E-state index contributed by atoms with van der Waals surface area (Å²) in [4.78, 5) is 0. The largest absolute Gasteiger partial charge is 0.315 e. The van der Waals surface area contributed by atoms with Crippen molar-refractivity contribution in [2.24, 2.45) is 0 Å². The van der Waals surface area contributed by atoms with Crippen LogP contribution in [0.1, 0.15) is 26.1 Å². The maximum absolute atomic E-state index is 4.20. The molecule has 0 aliphatic carbocycles. The van der Waals surface area contributed by atoms with Crippen LogP contribution in [0.5, 0.6) is 0 Å². The Hall–Kier alpha value is -1.42. The second-order valence-corrected chi connectivity index (χ2v) is 4.26. The van der Waals surface area contributed by atoms with Gasteiger partial charge in [0.25, 0.3) is 0 Å². The SMILES string of the molecule is CC(C)NCCCc1nnc2ccccn12. The lowest BCUT2D eigenvalue weighted by atomic mass is 10.2. The van der Waals surface area contributed by atoms with Gasteiger partial charge in [0.1, 0.15) is 5.82 Å². The normalized spacial score (nSPS) is 11.4. The zero-order chi connectivity index (χ0) is 11.4. The van der Waals surface area contributed by atoms with Crippen LogP contribution < -0.4 is 5.32 Å². The number of rotatable bonds is 5. The summed E-state index contributed by atoms with van der Waals surface area (Å²) in [7, 11) is 0. The molecule has 0 saturated heterocycles. The molecule has 2 aromatic rings. The van der Waals surface area contributed by atoms with Crippen LogP contribution in [0.2, 0.25) is 0 Å². The molecule has 2 aromatic heterocycles. The third kappa shape index (κ3) is 2.58. The molecule has 0 amide bonds. The third-order valence-electron chi connectivity index (χ3n) is 2.51. The summed E-state index contributed by atoms with van der Waals surface area (Å²) >= 11 is 0. The second-order valence-electron chi connectivity index (χ2n) is 4.26. The van der Waals surface area contributed by atoms with Crippen molar-refractivity contribution >= 4 is 5.65 Å². The number of aryl methyl sites for hydroxylation is 1. The molecule has 86 valence electrons. The summed E-state index contributed by atoms with van der Waals surface area (Å²) in [5.74, 6) is 1.04. The first kappa shape index (κ1) is 11.1. The Kier molecular flexibility index (Phi) is 3.51. The first-order valence-corrected chi connectivity index (χ1v) is 5.79. The van der Waals surface area contributed by atoms with Gasteiger partial charge < -0.3 is 5.32 Å². The number of aromatic nitrogens is 3. The predicted octanol–water partition coefficient (Wildman–Crippen LogP) is 1.66. The van der Waals surface area contributed by atoms with E-state index in [2.05, 4.69) is 33.8 Å². The lowest BCUT2D eigenvalue weighted by molar-refractivity contribution is 0.565. The minimum Gasteiger partial charge on any atom is -0.315 e. The highest BCUT2D eigenvalue weighted by Crippen LogP contribution is 2.04. The Bertz CT molecular complexity index is 447. The van der Waals surface area contributed by atoms with Crippen molar-refractivity contribution in [3.05, 3.63) is 30.2 Å². The number of pyridine rings is 1.